The molecule has 0 radical (unpaired) electrons. The summed E-state index contributed by atoms with van der Waals surface area (Å²) in [5.41, 5.74) is 3.48. The van der Waals surface area contributed by atoms with Gasteiger partial charge in [-0.2, -0.15) is 13.2 Å². The minimum absolute atomic E-state index is 0.620. The number of hydrogen-bond acceptors (Lipinski definition) is 2. The third kappa shape index (κ3) is 6.97. The molecule has 0 aliphatic heterocycles. The van der Waals surface area contributed by atoms with E-state index in [0.717, 1.165) is 35.0 Å². The van der Waals surface area contributed by atoms with Gasteiger partial charge in [0.1, 0.15) is 5.69 Å². The van der Waals surface area contributed by atoms with Crippen LogP contribution in [0.5, 0.6) is 0 Å². The number of pyridine rings is 1. The summed E-state index contributed by atoms with van der Waals surface area (Å²) < 4.78 is 37.6. The number of halogens is 3. The second kappa shape index (κ2) is 12.0. The van der Waals surface area contributed by atoms with Crippen molar-refractivity contribution < 1.29 is 13.2 Å². The molecule has 5 heteroatoms. The molecule has 0 unspecified atom stereocenters. The fourth-order valence-electron chi connectivity index (χ4n) is 2.36. The predicted octanol–water partition coefficient (Wildman–Crippen LogP) is 6.38. The van der Waals surface area contributed by atoms with Gasteiger partial charge in [0.05, 0.1) is 5.70 Å². The Bertz CT molecular complexity index is 715. The Labute approximate surface area is 161 Å². The van der Waals surface area contributed by atoms with E-state index in [0.29, 0.717) is 12.0 Å². The second-order valence-electron chi connectivity index (χ2n) is 5.17. The van der Waals surface area contributed by atoms with E-state index in [4.69, 9.17) is 6.42 Å². The van der Waals surface area contributed by atoms with Crippen LogP contribution >= 0.6 is 0 Å². The summed E-state index contributed by atoms with van der Waals surface area (Å²) >= 11 is 0. The molecular weight excluding hydrogens is 349 g/mol. The van der Waals surface area contributed by atoms with Crippen molar-refractivity contribution in [2.24, 2.45) is 0 Å². The minimum atomic E-state index is -4.42. The highest BCUT2D eigenvalue weighted by atomic mass is 19.4. The summed E-state index contributed by atoms with van der Waals surface area (Å²) in [4.78, 5) is 3.50. The van der Waals surface area contributed by atoms with Crippen LogP contribution in [0.2, 0.25) is 0 Å². The number of aromatic nitrogens is 1. The molecule has 0 aromatic carbocycles. The van der Waals surface area contributed by atoms with Crippen LogP contribution in [0.3, 0.4) is 0 Å². The number of nitrogens with one attached hydrogen (secondary N) is 1. The highest BCUT2D eigenvalue weighted by Gasteiger charge is 2.32. The van der Waals surface area contributed by atoms with Crippen LogP contribution in [-0.2, 0) is 6.18 Å². The maximum atomic E-state index is 12.5. The maximum Gasteiger partial charge on any atom is 0.433 e. The number of allylic oxidation sites excluding steroid dienone is 6. The Morgan fingerprint density at radius 3 is 2.26 bits per heavy atom. The normalized spacial score (nSPS) is 13.6. The molecule has 1 N–H and O–H groups in total. The molecule has 0 spiro atoms. The summed E-state index contributed by atoms with van der Waals surface area (Å²) in [6.07, 6.45) is 6.80. The van der Waals surface area contributed by atoms with Crippen LogP contribution in [0.4, 0.5) is 13.2 Å². The number of terminal acetylenes is 1. The molecule has 1 aliphatic rings. The van der Waals surface area contributed by atoms with Crippen molar-refractivity contribution in [1.29, 1.82) is 0 Å². The standard InChI is InChI=1S/C18H17F3N2.2C2H6/c1-4-16(22-5-2)12(3)13-6-7-14(10-13)15-8-9-17(23-11-15)18(19,20)21;2*1-2/h1,6-9,11,22H,5,10H2,2-3H3;2*1-2H3/b16-12+;;. The van der Waals surface area contributed by atoms with E-state index >= 15 is 0 Å². The average molecular weight is 378 g/mol. The van der Waals surface area contributed by atoms with Crippen LogP contribution < -0.4 is 5.32 Å². The molecule has 0 bridgehead atoms. The van der Waals surface area contributed by atoms with Gasteiger partial charge in [-0.05, 0) is 48.6 Å². The van der Waals surface area contributed by atoms with Crippen molar-refractivity contribution in [3.63, 3.8) is 0 Å². The predicted molar refractivity (Wildman–Crippen MR) is 108 cm³/mol. The van der Waals surface area contributed by atoms with Gasteiger partial charge in [-0.25, -0.2) is 0 Å². The second-order valence-corrected chi connectivity index (χ2v) is 5.17. The van der Waals surface area contributed by atoms with E-state index in [-0.39, 0.29) is 0 Å². The zero-order valence-corrected chi connectivity index (χ0v) is 17.0. The lowest BCUT2D eigenvalue weighted by Crippen LogP contribution is -2.13. The first-order valence-corrected chi connectivity index (χ1v) is 9.22. The van der Waals surface area contributed by atoms with Gasteiger partial charge in [0.25, 0.3) is 0 Å². The molecule has 1 aromatic rings. The van der Waals surface area contributed by atoms with Crippen LogP contribution in [0.1, 0.15) is 59.2 Å². The zero-order valence-electron chi connectivity index (χ0n) is 17.0. The smallest absolute Gasteiger partial charge is 0.378 e. The number of rotatable bonds is 4. The fourth-order valence-corrected chi connectivity index (χ4v) is 2.36. The molecule has 1 aliphatic carbocycles. The first-order chi connectivity index (χ1) is 12.9. The number of alkyl halides is 3. The Kier molecular flexibility index (Phi) is 10.9. The fraction of sp³-hybridized carbons (Fsp3) is 0.409. The Balaban J connectivity index is 0.00000158. The molecule has 2 rings (SSSR count). The van der Waals surface area contributed by atoms with Gasteiger partial charge in [-0.3, -0.25) is 4.98 Å². The molecule has 1 aromatic heterocycles. The number of nitrogens with zero attached hydrogens (tertiary/aromatic N) is 1. The van der Waals surface area contributed by atoms with Gasteiger partial charge in [-0.15, -0.1) is 6.42 Å². The highest BCUT2D eigenvalue weighted by Crippen LogP contribution is 2.33. The van der Waals surface area contributed by atoms with Gasteiger partial charge in [0, 0.05) is 12.7 Å². The summed E-state index contributed by atoms with van der Waals surface area (Å²) in [5.74, 6) is 2.63. The molecule has 0 atom stereocenters. The van der Waals surface area contributed by atoms with Crippen LogP contribution in [0.25, 0.3) is 5.57 Å². The van der Waals surface area contributed by atoms with Gasteiger partial charge < -0.3 is 5.32 Å². The Morgan fingerprint density at radius 1 is 1.19 bits per heavy atom. The largest absolute Gasteiger partial charge is 0.433 e. The Hall–Kier alpha value is -2.48. The van der Waals surface area contributed by atoms with E-state index in [2.05, 4.69) is 16.2 Å². The average Bonchev–Trinajstić information content (AvgIpc) is 3.18. The van der Waals surface area contributed by atoms with Crippen molar-refractivity contribution in [3.8, 4) is 12.3 Å². The van der Waals surface area contributed by atoms with Crippen molar-refractivity contribution in [2.45, 2.75) is 54.1 Å². The van der Waals surface area contributed by atoms with Crippen LogP contribution in [0, 0.1) is 12.3 Å². The first-order valence-electron chi connectivity index (χ1n) is 9.22. The lowest BCUT2D eigenvalue weighted by atomic mass is 9.99. The van der Waals surface area contributed by atoms with Crippen LogP contribution in [-0.4, -0.2) is 11.5 Å². The van der Waals surface area contributed by atoms with E-state index in [1.807, 2.05) is 53.7 Å². The van der Waals surface area contributed by atoms with E-state index in [9.17, 15) is 13.2 Å². The number of hydrogen-bond donors (Lipinski definition) is 1. The van der Waals surface area contributed by atoms with E-state index < -0.39 is 11.9 Å². The molecule has 148 valence electrons. The SMILES string of the molecule is C#C/C(NCC)=C(/C)C1=CC=C(c2ccc(C(F)(F)F)nc2)C1.CC.CC. The van der Waals surface area contributed by atoms with Gasteiger partial charge in [0.15, 0.2) is 0 Å². The highest BCUT2D eigenvalue weighted by molar-refractivity contribution is 5.74. The van der Waals surface area contributed by atoms with Crippen LogP contribution in [0.15, 0.2) is 47.3 Å². The first kappa shape index (κ1) is 24.5. The van der Waals surface area contributed by atoms with Crippen molar-refractivity contribution in [2.75, 3.05) is 6.54 Å². The van der Waals surface area contributed by atoms with E-state index in [1.54, 1.807) is 0 Å². The lowest BCUT2D eigenvalue weighted by molar-refractivity contribution is -0.141. The molecular formula is C22H29F3N2. The molecule has 27 heavy (non-hydrogen) atoms. The molecule has 1 heterocycles. The summed E-state index contributed by atoms with van der Waals surface area (Å²) in [6, 6.07) is 2.45. The quantitative estimate of drug-likeness (QED) is 0.615. The summed E-state index contributed by atoms with van der Waals surface area (Å²) in [6.45, 7) is 12.6. The molecule has 2 nitrogen and oxygen atoms in total. The molecule has 0 saturated carbocycles. The van der Waals surface area contributed by atoms with Gasteiger partial charge >= 0.3 is 6.18 Å². The summed E-state index contributed by atoms with van der Waals surface area (Å²) in [5, 5.41) is 3.13. The van der Waals surface area contributed by atoms with Crippen molar-refractivity contribution in [3.05, 3.63) is 58.6 Å². The maximum absolute atomic E-state index is 12.5. The van der Waals surface area contributed by atoms with Gasteiger partial charge in [0.2, 0.25) is 0 Å². The monoisotopic (exact) mass is 378 g/mol. The lowest BCUT2D eigenvalue weighted by Gasteiger charge is -2.11. The minimum Gasteiger partial charge on any atom is -0.378 e. The Morgan fingerprint density at radius 2 is 1.81 bits per heavy atom. The van der Waals surface area contributed by atoms with Gasteiger partial charge in [-0.1, -0.05) is 51.8 Å². The molecule has 0 amide bonds. The van der Waals surface area contributed by atoms with Crippen molar-refractivity contribution in [1.82, 2.24) is 10.3 Å². The molecule has 0 saturated heterocycles. The van der Waals surface area contributed by atoms with Crippen molar-refractivity contribution >= 4 is 5.57 Å². The third-order valence-electron chi connectivity index (χ3n) is 3.65. The third-order valence-corrected chi connectivity index (χ3v) is 3.65. The molecule has 0 fully saturated rings. The summed E-state index contributed by atoms with van der Waals surface area (Å²) in [7, 11) is 0. The van der Waals surface area contributed by atoms with E-state index in [1.165, 1.54) is 12.3 Å². The topological polar surface area (TPSA) is 24.9 Å². The zero-order chi connectivity index (χ0) is 21.0.